The molecule has 1 saturated heterocycles. The molecule has 2 aliphatic heterocycles. The largest absolute Gasteiger partial charge is 0.454 e. The topological polar surface area (TPSA) is 59.6 Å². The lowest BCUT2D eigenvalue weighted by molar-refractivity contribution is -0.125. The van der Waals surface area contributed by atoms with Gasteiger partial charge in [-0.05, 0) is 43.5 Å². The van der Waals surface area contributed by atoms with E-state index >= 15 is 0 Å². The van der Waals surface area contributed by atoms with Gasteiger partial charge in [0.15, 0.2) is 11.5 Å². The van der Waals surface area contributed by atoms with Crippen molar-refractivity contribution >= 4 is 5.91 Å². The second kappa shape index (κ2) is 6.13. The van der Waals surface area contributed by atoms with Crippen LogP contribution in [0.25, 0.3) is 0 Å². The molecule has 0 aliphatic carbocycles. The monoisotopic (exact) mass is 276 g/mol. The number of nitrogens with one attached hydrogen (secondary N) is 2. The molecule has 5 nitrogen and oxygen atoms in total. The van der Waals surface area contributed by atoms with Gasteiger partial charge in [-0.3, -0.25) is 4.79 Å². The Balaban J connectivity index is 1.46. The van der Waals surface area contributed by atoms with Gasteiger partial charge in [-0.25, -0.2) is 0 Å². The first-order valence-corrected chi connectivity index (χ1v) is 7.20. The second-order valence-corrected chi connectivity index (χ2v) is 5.27. The number of ether oxygens (including phenoxy) is 2. The molecular formula is C15H20N2O3. The molecule has 0 aromatic heterocycles. The van der Waals surface area contributed by atoms with E-state index in [0.717, 1.165) is 49.4 Å². The smallest absolute Gasteiger partial charge is 0.231 e. The molecule has 2 heterocycles. The number of rotatable bonds is 4. The zero-order valence-electron chi connectivity index (χ0n) is 11.5. The Bertz CT molecular complexity index is 484. The molecule has 1 aromatic rings. The molecule has 0 radical (unpaired) electrons. The molecular weight excluding hydrogens is 256 g/mol. The van der Waals surface area contributed by atoms with Crippen LogP contribution in [0, 0.1) is 5.92 Å². The number of hydrogen-bond acceptors (Lipinski definition) is 4. The highest BCUT2D eigenvalue weighted by molar-refractivity contribution is 5.78. The molecule has 0 spiro atoms. The van der Waals surface area contributed by atoms with Gasteiger partial charge in [0.05, 0.1) is 5.92 Å². The van der Waals surface area contributed by atoms with Crippen LogP contribution in [-0.2, 0) is 11.2 Å². The highest BCUT2D eigenvalue weighted by atomic mass is 16.7. The van der Waals surface area contributed by atoms with Crippen LogP contribution in [0.4, 0.5) is 0 Å². The standard InChI is InChI=1S/C15H20N2O3/c18-15(12-2-1-6-16-9-12)17-7-5-11-3-4-13-14(8-11)20-10-19-13/h3-4,8,12,16H,1-2,5-7,9-10H2,(H,17,18). The minimum Gasteiger partial charge on any atom is -0.454 e. The quantitative estimate of drug-likeness (QED) is 0.864. The molecule has 1 fully saturated rings. The number of benzene rings is 1. The van der Waals surface area contributed by atoms with Crippen molar-refractivity contribution in [3.05, 3.63) is 23.8 Å². The van der Waals surface area contributed by atoms with E-state index in [0.29, 0.717) is 13.3 Å². The SMILES string of the molecule is O=C(NCCc1ccc2c(c1)OCO2)C1CCCNC1. The summed E-state index contributed by atoms with van der Waals surface area (Å²) in [4.78, 5) is 12.0. The summed E-state index contributed by atoms with van der Waals surface area (Å²) in [7, 11) is 0. The van der Waals surface area contributed by atoms with Crippen LogP contribution in [0.1, 0.15) is 18.4 Å². The summed E-state index contributed by atoms with van der Waals surface area (Å²) in [5, 5.41) is 6.28. The Morgan fingerprint density at radius 3 is 3.10 bits per heavy atom. The minimum atomic E-state index is 0.125. The molecule has 0 saturated carbocycles. The van der Waals surface area contributed by atoms with Crippen molar-refractivity contribution in [2.45, 2.75) is 19.3 Å². The van der Waals surface area contributed by atoms with Gasteiger partial charge in [0.2, 0.25) is 12.7 Å². The zero-order chi connectivity index (χ0) is 13.8. The van der Waals surface area contributed by atoms with Crippen LogP contribution in [0.2, 0.25) is 0 Å². The molecule has 1 unspecified atom stereocenters. The van der Waals surface area contributed by atoms with Crippen molar-refractivity contribution in [2.75, 3.05) is 26.4 Å². The van der Waals surface area contributed by atoms with Crippen molar-refractivity contribution < 1.29 is 14.3 Å². The van der Waals surface area contributed by atoms with Gasteiger partial charge < -0.3 is 20.1 Å². The molecule has 3 rings (SSSR count). The minimum absolute atomic E-state index is 0.125. The number of carbonyl (C=O) groups excluding carboxylic acids is 1. The normalized spacial score (nSPS) is 20.7. The van der Waals surface area contributed by atoms with Gasteiger partial charge in [-0.15, -0.1) is 0 Å². The summed E-state index contributed by atoms with van der Waals surface area (Å²) in [6, 6.07) is 5.92. The molecule has 2 N–H and O–H groups in total. The molecule has 5 heteroatoms. The van der Waals surface area contributed by atoms with Gasteiger partial charge in [-0.2, -0.15) is 0 Å². The lowest BCUT2D eigenvalue weighted by Gasteiger charge is -2.21. The average molecular weight is 276 g/mol. The summed E-state index contributed by atoms with van der Waals surface area (Å²) < 4.78 is 10.6. The Kier molecular flexibility index (Phi) is 4.06. The molecule has 108 valence electrons. The van der Waals surface area contributed by atoms with Gasteiger partial charge in [0.1, 0.15) is 0 Å². The van der Waals surface area contributed by atoms with E-state index in [2.05, 4.69) is 10.6 Å². The predicted molar refractivity (Wildman–Crippen MR) is 74.9 cm³/mol. The highest BCUT2D eigenvalue weighted by Crippen LogP contribution is 2.32. The molecule has 0 bridgehead atoms. The van der Waals surface area contributed by atoms with Crippen molar-refractivity contribution in [3.8, 4) is 11.5 Å². The summed E-state index contributed by atoms with van der Waals surface area (Å²) in [5.41, 5.74) is 1.15. The Labute approximate surface area is 118 Å². The average Bonchev–Trinajstić information content (AvgIpc) is 2.95. The van der Waals surface area contributed by atoms with Crippen LogP contribution in [0.15, 0.2) is 18.2 Å². The first kappa shape index (κ1) is 13.2. The summed E-state index contributed by atoms with van der Waals surface area (Å²) in [6.45, 7) is 2.79. The molecule has 1 amide bonds. The summed E-state index contributed by atoms with van der Waals surface area (Å²) in [6.07, 6.45) is 2.88. The maximum atomic E-state index is 12.0. The molecule has 1 aromatic carbocycles. The Morgan fingerprint density at radius 1 is 1.35 bits per heavy atom. The Morgan fingerprint density at radius 2 is 2.25 bits per heavy atom. The maximum absolute atomic E-state index is 12.0. The maximum Gasteiger partial charge on any atom is 0.231 e. The van der Waals surface area contributed by atoms with Crippen molar-refractivity contribution in [1.29, 1.82) is 0 Å². The summed E-state index contributed by atoms with van der Waals surface area (Å²) in [5.74, 6) is 1.88. The van der Waals surface area contributed by atoms with E-state index in [-0.39, 0.29) is 11.8 Å². The van der Waals surface area contributed by atoms with Gasteiger partial charge in [0, 0.05) is 13.1 Å². The van der Waals surface area contributed by atoms with E-state index in [1.807, 2.05) is 18.2 Å². The molecule has 1 atom stereocenters. The highest BCUT2D eigenvalue weighted by Gasteiger charge is 2.20. The van der Waals surface area contributed by atoms with Crippen LogP contribution >= 0.6 is 0 Å². The van der Waals surface area contributed by atoms with Crippen LogP contribution in [0.5, 0.6) is 11.5 Å². The van der Waals surface area contributed by atoms with E-state index < -0.39 is 0 Å². The van der Waals surface area contributed by atoms with E-state index in [1.54, 1.807) is 0 Å². The van der Waals surface area contributed by atoms with E-state index in [4.69, 9.17) is 9.47 Å². The van der Waals surface area contributed by atoms with Crippen LogP contribution in [0.3, 0.4) is 0 Å². The number of fused-ring (bicyclic) bond motifs is 1. The van der Waals surface area contributed by atoms with E-state index in [1.165, 1.54) is 0 Å². The van der Waals surface area contributed by atoms with Crippen LogP contribution < -0.4 is 20.1 Å². The van der Waals surface area contributed by atoms with Gasteiger partial charge >= 0.3 is 0 Å². The predicted octanol–water partition coefficient (Wildman–Crippen LogP) is 1.07. The Hall–Kier alpha value is -1.75. The first-order chi connectivity index (χ1) is 9.83. The molecule has 2 aliphatic rings. The third kappa shape index (κ3) is 3.04. The fourth-order valence-electron chi connectivity index (χ4n) is 2.65. The van der Waals surface area contributed by atoms with Crippen molar-refractivity contribution in [1.82, 2.24) is 10.6 Å². The third-order valence-corrected chi connectivity index (χ3v) is 3.82. The van der Waals surface area contributed by atoms with Crippen molar-refractivity contribution in [3.63, 3.8) is 0 Å². The van der Waals surface area contributed by atoms with Gasteiger partial charge in [-0.1, -0.05) is 6.07 Å². The number of hydrogen-bond donors (Lipinski definition) is 2. The number of carbonyl (C=O) groups is 1. The van der Waals surface area contributed by atoms with E-state index in [9.17, 15) is 4.79 Å². The lowest BCUT2D eigenvalue weighted by atomic mass is 9.99. The van der Waals surface area contributed by atoms with Crippen LogP contribution in [-0.4, -0.2) is 32.3 Å². The second-order valence-electron chi connectivity index (χ2n) is 5.27. The first-order valence-electron chi connectivity index (χ1n) is 7.20. The fourth-order valence-corrected chi connectivity index (χ4v) is 2.65. The lowest BCUT2D eigenvalue weighted by Crippen LogP contribution is -2.41. The molecule has 20 heavy (non-hydrogen) atoms. The number of amides is 1. The fraction of sp³-hybridized carbons (Fsp3) is 0.533. The number of piperidine rings is 1. The zero-order valence-corrected chi connectivity index (χ0v) is 11.5. The third-order valence-electron chi connectivity index (χ3n) is 3.82. The van der Waals surface area contributed by atoms with Crippen molar-refractivity contribution in [2.24, 2.45) is 5.92 Å². The summed E-state index contributed by atoms with van der Waals surface area (Å²) >= 11 is 0. The van der Waals surface area contributed by atoms with Gasteiger partial charge in [0.25, 0.3) is 0 Å².